The highest BCUT2D eigenvalue weighted by Crippen LogP contribution is 2.33. The van der Waals surface area contributed by atoms with Gasteiger partial charge in [0.15, 0.2) is 4.77 Å². The number of nitrogens with zero attached hydrogens (tertiary/aromatic N) is 2. The van der Waals surface area contributed by atoms with E-state index in [0.29, 0.717) is 29.9 Å². The van der Waals surface area contributed by atoms with Crippen LogP contribution in [-0.2, 0) is 6.54 Å². The van der Waals surface area contributed by atoms with E-state index in [0.717, 1.165) is 0 Å². The summed E-state index contributed by atoms with van der Waals surface area (Å²) in [6.07, 6.45) is 1.52. The van der Waals surface area contributed by atoms with Gasteiger partial charge in [-0.2, -0.15) is 0 Å². The van der Waals surface area contributed by atoms with Crippen LogP contribution in [0, 0.1) is 22.2 Å². The summed E-state index contributed by atoms with van der Waals surface area (Å²) in [5.41, 5.74) is 0.716. The molecular formula is C15H15F3N2S. The molecule has 112 valence electrons. The third-order valence-electron chi connectivity index (χ3n) is 3.27. The smallest absolute Gasteiger partial charge is 0.199 e. The number of halogens is 3. The minimum atomic E-state index is -0.949. The molecular weight excluding hydrogens is 297 g/mol. The van der Waals surface area contributed by atoms with Crippen LogP contribution in [0.5, 0.6) is 0 Å². The summed E-state index contributed by atoms with van der Waals surface area (Å²) < 4.78 is 43.2. The Bertz CT molecular complexity index is 715. The van der Waals surface area contributed by atoms with Crippen LogP contribution >= 0.6 is 12.2 Å². The molecule has 0 amide bonds. The number of aromatic nitrogens is 2. The Morgan fingerprint density at radius 1 is 1.19 bits per heavy atom. The van der Waals surface area contributed by atoms with Gasteiger partial charge in [0.1, 0.15) is 17.5 Å². The molecule has 0 radical (unpaired) electrons. The molecule has 1 heterocycles. The maximum atomic E-state index is 14.1. The molecule has 0 bridgehead atoms. The second-order valence-electron chi connectivity index (χ2n) is 4.99. The van der Waals surface area contributed by atoms with Crippen molar-refractivity contribution >= 4 is 12.2 Å². The van der Waals surface area contributed by atoms with E-state index in [-0.39, 0.29) is 16.3 Å². The SMILES string of the molecule is CCn1c(-c2c(F)cc(F)cc2F)c(C(C)C)cnc1=S. The van der Waals surface area contributed by atoms with E-state index in [9.17, 15) is 13.2 Å². The molecule has 0 unspecified atom stereocenters. The lowest BCUT2D eigenvalue weighted by molar-refractivity contribution is 0.544. The zero-order chi connectivity index (χ0) is 15.7. The van der Waals surface area contributed by atoms with Crippen LogP contribution in [0.15, 0.2) is 18.3 Å². The molecule has 0 saturated carbocycles. The van der Waals surface area contributed by atoms with Gasteiger partial charge in [0.25, 0.3) is 0 Å². The molecule has 6 heteroatoms. The Morgan fingerprint density at radius 2 is 1.76 bits per heavy atom. The number of rotatable bonds is 3. The molecule has 0 N–H and O–H groups in total. The minimum absolute atomic E-state index is 0.00949. The summed E-state index contributed by atoms with van der Waals surface area (Å²) in [5.74, 6) is -2.85. The van der Waals surface area contributed by atoms with Gasteiger partial charge >= 0.3 is 0 Å². The van der Waals surface area contributed by atoms with Crippen molar-refractivity contribution < 1.29 is 13.2 Å². The van der Waals surface area contributed by atoms with Crippen LogP contribution in [0.4, 0.5) is 13.2 Å². The Morgan fingerprint density at radius 3 is 2.24 bits per heavy atom. The Kier molecular flexibility index (Phi) is 4.46. The summed E-state index contributed by atoms with van der Waals surface area (Å²) >= 11 is 5.13. The third-order valence-corrected chi connectivity index (χ3v) is 3.60. The van der Waals surface area contributed by atoms with Crippen LogP contribution in [0.25, 0.3) is 11.3 Å². The summed E-state index contributed by atoms with van der Waals surface area (Å²) in [4.78, 5) is 4.09. The van der Waals surface area contributed by atoms with Gasteiger partial charge in [-0.1, -0.05) is 13.8 Å². The average molecular weight is 312 g/mol. The molecule has 21 heavy (non-hydrogen) atoms. The first-order chi connectivity index (χ1) is 9.86. The van der Waals surface area contributed by atoms with Crippen molar-refractivity contribution in [3.05, 3.63) is 46.1 Å². The quantitative estimate of drug-likeness (QED) is 0.755. The van der Waals surface area contributed by atoms with Crippen molar-refractivity contribution in [1.82, 2.24) is 9.55 Å². The van der Waals surface area contributed by atoms with Gasteiger partial charge < -0.3 is 4.57 Å². The number of hydrogen-bond acceptors (Lipinski definition) is 2. The topological polar surface area (TPSA) is 17.8 Å². The van der Waals surface area contributed by atoms with E-state index in [1.54, 1.807) is 4.57 Å². The van der Waals surface area contributed by atoms with E-state index in [2.05, 4.69) is 4.98 Å². The largest absolute Gasteiger partial charge is 0.316 e. The fourth-order valence-electron chi connectivity index (χ4n) is 2.27. The van der Waals surface area contributed by atoms with Crippen molar-refractivity contribution in [3.63, 3.8) is 0 Å². The molecule has 2 rings (SSSR count). The van der Waals surface area contributed by atoms with E-state index in [1.165, 1.54) is 6.20 Å². The van der Waals surface area contributed by atoms with Crippen LogP contribution in [-0.4, -0.2) is 9.55 Å². The van der Waals surface area contributed by atoms with Gasteiger partial charge in [0.2, 0.25) is 0 Å². The Hall–Kier alpha value is -1.69. The molecule has 1 aromatic heterocycles. The standard InChI is InChI=1S/C15H15F3N2S/c1-4-20-14(10(8(2)3)7-19-15(20)21)13-11(17)5-9(16)6-12(13)18/h5-8H,4H2,1-3H3. The number of benzene rings is 1. The van der Waals surface area contributed by atoms with Gasteiger partial charge in [0, 0.05) is 24.9 Å². The molecule has 2 nitrogen and oxygen atoms in total. The van der Waals surface area contributed by atoms with Crippen LogP contribution in [0.1, 0.15) is 32.3 Å². The minimum Gasteiger partial charge on any atom is -0.316 e. The lowest BCUT2D eigenvalue weighted by atomic mass is 9.97. The maximum absolute atomic E-state index is 14.1. The molecule has 1 aromatic carbocycles. The molecule has 2 aromatic rings. The van der Waals surface area contributed by atoms with E-state index in [4.69, 9.17) is 12.2 Å². The van der Waals surface area contributed by atoms with Crippen molar-refractivity contribution in [3.8, 4) is 11.3 Å². The van der Waals surface area contributed by atoms with E-state index in [1.807, 2.05) is 20.8 Å². The molecule has 0 fully saturated rings. The highest BCUT2D eigenvalue weighted by atomic mass is 32.1. The Balaban J connectivity index is 2.91. The first kappa shape index (κ1) is 15.7. The lowest BCUT2D eigenvalue weighted by Gasteiger charge is -2.19. The van der Waals surface area contributed by atoms with Gasteiger partial charge in [-0.15, -0.1) is 0 Å². The second-order valence-corrected chi connectivity index (χ2v) is 5.35. The summed E-state index contributed by atoms with van der Waals surface area (Å²) in [6.45, 7) is 6.01. The van der Waals surface area contributed by atoms with Crippen LogP contribution in [0.3, 0.4) is 0 Å². The predicted octanol–water partition coefficient (Wildman–Crippen LogP) is 4.84. The monoisotopic (exact) mass is 312 g/mol. The van der Waals surface area contributed by atoms with E-state index >= 15 is 0 Å². The van der Waals surface area contributed by atoms with Crippen LogP contribution in [0.2, 0.25) is 0 Å². The maximum Gasteiger partial charge on any atom is 0.199 e. The van der Waals surface area contributed by atoms with Gasteiger partial charge in [-0.25, -0.2) is 18.2 Å². The van der Waals surface area contributed by atoms with Gasteiger partial charge in [-0.3, -0.25) is 0 Å². The molecule has 0 atom stereocenters. The normalized spacial score (nSPS) is 11.2. The van der Waals surface area contributed by atoms with Crippen molar-refractivity contribution in [2.24, 2.45) is 0 Å². The summed E-state index contributed by atoms with van der Waals surface area (Å²) in [5, 5.41) is 0. The molecule has 0 aliphatic heterocycles. The molecule has 0 aliphatic carbocycles. The zero-order valence-corrected chi connectivity index (χ0v) is 12.8. The fourth-order valence-corrected chi connectivity index (χ4v) is 2.54. The van der Waals surface area contributed by atoms with E-state index < -0.39 is 17.5 Å². The average Bonchev–Trinajstić information content (AvgIpc) is 2.37. The first-order valence-corrected chi connectivity index (χ1v) is 7.02. The highest BCUT2D eigenvalue weighted by molar-refractivity contribution is 7.71. The first-order valence-electron chi connectivity index (χ1n) is 6.61. The molecule has 0 spiro atoms. The molecule has 0 saturated heterocycles. The zero-order valence-electron chi connectivity index (χ0n) is 12.0. The molecule has 0 aliphatic rings. The summed E-state index contributed by atoms with van der Waals surface area (Å²) in [6, 6.07) is 1.35. The van der Waals surface area contributed by atoms with Gasteiger partial charge in [-0.05, 0) is 30.6 Å². The number of hydrogen-bond donors (Lipinski definition) is 0. The van der Waals surface area contributed by atoms with Crippen molar-refractivity contribution in [1.29, 1.82) is 0 Å². The summed E-state index contributed by atoms with van der Waals surface area (Å²) in [7, 11) is 0. The highest BCUT2D eigenvalue weighted by Gasteiger charge is 2.21. The van der Waals surface area contributed by atoms with Crippen molar-refractivity contribution in [2.75, 3.05) is 0 Å². The third kappa shape index (κ3) is 2.85. The fraction of sp³-hybridized carbons (Fsp3) is 0.333. The van der Waals surface area contributed by atoms with Gasteiger partial charge in [0.05, 0.1) is 11.3 Å². The Labute approximate surface area is 126 Å². The predicted molar refractivity (Wildman–Crippen MR) is 78.1 cm³/mol. The lowest BCUT2D eigenvalue weighted by Crippen LogP contribution is -2.11. The van der Waals surface area contributed by atoms with Crippen molar-refractivity contribution in [2.45, 2.75) is 33.2 Å². The second kappa shape index (κ2) is 5.97. The van der Waals surface area contributed by atoms with Crippen LogP contribution < -0.4 is 0 Å².